The Kier molecular flexibility index (Phi) is 9.10. The maximum atomic E-state index is 12.6. The Morgan fingerprint density at radius 2 is 1.89 bits per heavy atom. The number of H-pyrrole nitrogens is 1. The van der Waals surface area contributed by atoms with Crippen molar-refractivity contribution < 1.29 is 14.3 Å². The minimum absolute atomic E-state index is 0. The lowest BCUT2D eigenvalue weighted by Crippen LogP contribution is -2.29. The summed E-state index contributed by atoms with van der Waals surface area (Å²) in [6.45, 7) is 6.11. The summed E-state index contributed by atoms with van der Waals surface area (Å²) in [6.07, 6.45) is -0.159. The van der Waals surface area contributed by atoms with Crippen molar-refractivity contribution in [2.24, 2.45) is 5.73 Å². The van der Waals surface area contributed by atoms with Crippen molar-refractivity contribution in [1.29, 1.82) is 0 Å². The van der Waals surface area contributed by atoms with Gasteiger partial charge in [-0.3, -0.25) is 9.59 Å². The standard InChI is InChI=1S/C18H22Cl2N4O3.ClH/c1-9(2)27-13-8-11(17(25)22-7-6-21)4-5-12(13)24-18(26)16-15(20)14(19)10(3)23-16;/h4-5,8-9,23H,6-7,21H2,1-3H3,(H,22,25)(H,24,26);1H. The lowest BCUT2D eigenvalue weighted by Gasteiger charge is -2.16. The first kappa shape index (κ1) is 24.1. The monoisotopic (exact) mass is 448 g/mol. The van der Waals surface area contributed by atoms with Gasteiger partial charge in [0.2, 0.25) is 0 Å². The van der Waals surface area contributed by atoms with Gasteiger partial charge in [-0.1, -0.05) is 23.2 Å². The molecule has 2 aromatic rings. The molecule has 1 aromatic heterocycles. The molecule has 0 fully saturated rings. The van der Waals surface area contributed by atoms with E-state index in [-0.39, 0.29) is 35.1 Å². The predicted molar refractivity (Wildman–Crippen MR) is 114 cm³/mol. The summed E-state index contributed by atoms with van der Waals surface area (Å²) in [4.78, 5) is 27.6. The minimum atomic E-state index is -0.469. The number of aromatic amines is 1. The van der Waals surface area contributed by atoms with Crippen LogP contribution in [0.1, 0.15) is 40.4 Å². The summed E-state index contributed by atoms with van der Waals surface area (Å²) in [7, 11) is 0. The van der Waals surface area contributed by atoms with Crippen molar-refractivity contribution in [2.75, 3.05) is 18.4 Å². The summed E-state index contributed by atoms with van der Waals surface area (Å²) in [5, 5.41) is 5.87. The van der Waals surface area contributed by atoms with Crippen molar-refractivity contribution >= 4 is 53.1 Å². The van der Waals surface area contributed by atoms with Crippen molar-refractivity contribution in [3.05, 3.63) is 45.2 Å². The molecule has 7 nitrogen and oxygen atoms in total. The largest absolute Gasteiger partial charge is 0.489 e. The van der Waals surface area contributed by atoms with Crippen LogP contribution in [0.3, 0.4) is 0 Å². The highest BCUT2D eigenvalue weighted by Gasteiger charge is 2.20. The van der Waals surface area contributed by atoms with Crippen LogP contribution in [0.5, 0.6) is 5.75 Å². The molecule has 1 heterocycles. The van der Waals surface area contributed by atoms with Gasteiger partial charge >= 0.3 is 0 Å². The van der Waals surface area contributed by atoms with Gasteiger partial charge in [-0.15, -0.1) is 12.4 Å². The second-order valence-electron chi connectivity index (χ2n) is 6.13. The minimum Gasteiger partial charge on any atom is -0.489 e. The third kappa shape index (κ3) is 5.78. The molecule has 2 amide bonds. The molecule has 0 saturated heterocycles. The zero-order chi connectivity index (χ0) is 20.1. The van der Waals surface area contributed by atoms with Gasteiger partial charge in [-0.2, -0.15) is 0 Å². The Morgan fingerprint density at radius 1 is 1.21 bits per heavy atom. The smallest absolute Gasteiger partial charge is 0.273 e. The van der Waals surface area contributed by atoms with E-state index < -0.39 is 5.91 Å². The maximum absolute atomic E-state index is 12.6. The predicted octanol–water partition coefficient (Wildman–Crippen LogP) is 3.78. The zero-order valence-electron chi connectivity index (χ0n) is 15.7. The van der Waals surface area contributed by atoms with Crippen LogP contribution in [0.15, 0.2) is 18.2 Å². The molecule has 0 saturated carbocycles. The molecule has 0 aliphatic rings. The van der Waals surface area contributed by atoms with Gasteiger partial charge in [0.1, 0.15) is 11.4 Å². The number of nitrogens with two attached hydrogens (primary N) is 1. The quantitative estimate of drug-likeness (QED) is 0.515. The molecule has 154 valence electrons. The van der Waals surface area contributed by atoms with Crippen molar-refractivity contribution in [2.45, 2.75) is 26.9 Å². The van der Waals surface area contributed by atoms with E-state index in [1.165, 1.54) is 0 Å². The number of benzene rings is 1. The number of hydrogen-bond donors (Lipinski definition) is 4. The number of aromatic nitrogens is 1. The number of hydrogen-bond acceptors (Lipinski definition) is 4. The normalized spacial score (nSPS) is 10.4. The van der Waals surface area contributed by atoms with Crippen LogP contribution in [0.2, 0.25) is 10.0 Å². The number of rotatable bonds is 7. The highest BCUT2D eigenvalue weighted by Crippen LogP contribution is 2.31. The number of aryl methyl sites for hydroxylation is 1. The van der Waals surface area contributed by atoms with Gasteiger partial charge in [-0.05, 0) is 39.0 Å². The molecule has 0 bridgehead atoms. The van der Waals surface area contributed by atoms with E-state index in [1.807, 2.05) is 13.8 Å². The first-order chi connectivity index (χ1) is 12.7. The number of amides is 2. The van der Waals surface area contributed by atoms with Gasteiger partial charge in [-0.25, -0.2) is 0 Å². The Balaban J connectivity index is 0.00000392. The first-order valence-corrected chi connectivity index (χ1v) is 9.14. The summed E-state index contributed by atoms with van der Waals surface area (Å²) in [5.74, 6) is -0.380. The molecule has 0 spiro atoms. The topological polar surface area (TPSA) is 109 Å². The average Bonchev–Trinajstić information content (AvgIpc) is 2.88. The van der Waals surface area contributed by atoms with Crippen LogP contribution in [-0.2, 0) is 0 Å². The van der Waals surface area contributed by atoms with E-state index in [4.69, 9.17) is 33.7 Å². The molecule has 1 aromatic carbocycles. The van der Waals surface area contributed by atoms with Crippen molar-refractivity contribution in [3.63, 3.8) is 0 Å². The molecule has 0 aliphatic carbocycles. The summed E-state index contributed by atoms with van der Waals surface area (Å²) < 4.78 is 5.75. The molecule has 0 atom stereocenters. The molecule has 28 heavy (non-hydrogen) atoms. The van der Waals surface area contributed by atoms with E-state index in [0.29, 0.717) is 40.8 Å². The van der Waals surface area contributed by atoms with Crippen LogP contribution >= 0.6 is 35.6 Å². The summed E-state index contributed by atoms with van der Waals surface area (Å²) in [6, 6.07) is 4.75. The number of anilines is 1. The van der Waals surface area contributed by atoms with Gasteiger partial charge in [0.15, 0.2) is 0 Å². The van der Waals surface area contributed by atoms with E-state index >= 15 is 0 Å². The fraction of sp³-hybridized carbons (Fsp3) is 0.333. The second-order valence-corrected chi connectivity index (χ2v) is 6.89. The molecule has 2 rings (SSSR count). The lowest BCUT2D eigenvalue weighted by atomic mass is 10.1. The van der Waals surface area contributed by atoms with E-state index in [0.717, 1.165) is 0 Å². The van der Waals surface area contributed by atoms with Crippen molar-refractivity contribution in [1.82, 2.24) is 10.3 Å². The number of nitrogens with one attached hydrogen (secondary N) is 3. The lowest BCUT2D eigenvalue weighted by molar-refractivity contribution is 0.0953. The Hall–Kier alpha value is -1.93. The summed E-state index contributed by atoms with van der Waals surface area (Å²) in [5.41, 5.74) is 6.95. The molecule has 5 N–H and O–H groups in total. The number of carbonyl (C=O) groups is 2. The highest BCUT2D eigenvalue weighted by atomic mass is 35.5. The first-order valence-electron chi connectivity index (χ1n) is 8.38. The molecular weight excluding hydrogens is 427 g/mol. The second kappa shape index (κ2) is 10.6. The third-order valence-corrected chi connectivity index (χ3v) is 4.51. The van der Waals surface area contributed by atoms with Gasteiger partial charge < -0.3 is 26.1 Å². The fourth-order valence-corrected chi connectivity index (χ4v) is 2.74. The third-order valence-electron chi connectivity index (χ3n) is 3.57. The van der Waals surface area contributed by atoms with Crippen LogP contribution in [0, 0.1) is 6.92 Å². The zero-order valence-corrected chi connectivity index (χ0v) is 18.0. The number of halogens is 3. The summed E-state index contributed by atoms with van der Waals surface area (Å²) >= 11 is 12.1. The van der Waals surface area contributed by atoms with Gasteiger partial charge in [0.05, 0.1) is 21.8 Å². The number of ether oxygens (including phenoxy) is 1. The van der Waals surface area contributed by atoms with Crippen molar-refractivity contribution in [3.8, 4) is 5.75 Å². The Bertz CT molecular complexity index is 853. The maximum Gasteiger partial charge on any atom is 0.273 e. The van der Waals surface area contributed by atoms with Gasteiger partial charge in [0.25, 0.3) is 11.8 Å². The molecular formula is C18H23Cl3N4O3. The van der Waals surface area contributed by atoms with Crippen LogP contribution < -0.4 is 21.1 Å². The Morgan fingerprint density at radius 3 is 2.43 bits per heavy atom. The van der Waals surface area contributed by atoms with E-state index in [9.17, 15) is 9.59 Å². The average molecular weight is 450 g/mol. The van der Waals surface area contributed by atoms with E-state index in [2.05, 4.69) is 15.6 Å². The molecule has 0 aliphatic heterocycles. The fourth-order valence-electron chi connectivity index (χ4n) is 2.32. The SMILES string of the molecule is Cc1[nH]c(C(=O)Nc2ccc(C(=O)NCCN)cc2OC(C)C)c(Cl)c1Cl.Cl. The molecule has 0 unspecified atom stereocenters. The van der Waals surface area contributed by atoms with Gasteiger partial charge in [0, 0.05) is 24.3 Å². The highest BCUT2D eigenvalue weighted by molar-refractivity contribution is 6.44. The molecule has 10 heteroatoms. The van der Waals surface area contributed by atoms with Crippen LogP contribution in [-0.4, -0.2) is 36.0 Å². The molecule has 0 radical (unpaired) electrons. The van der Waals surface area contributed by atoms with E-state index in [1.54, 1.807) is 25.1 Å². The van der Waals surface area contributed by atoms with Crippen LogP contribution in [0.4, 0.5) is 5.69 Å². The Labute approximate surface area is 179 Å². The van der Waals surface area contributed by atoms with Crippen LogP contribution in [0.25, 0.3) is 0 Å². The number of carbonyl (C=O) groups excluding carboxylic acids is 2.